The molecule has 0 aromatic rings. The fourth-order valence-electron chi connectivity index (χ4n) is 3.68. The quantitative estimate of drug-likeness (QED) is 0.700. The number of hydrogen-bond donors (Lipinski definition) is 3. The summed E-state index contributed by atoms with van der Waals surface area (Å²) in [5.41, 5.74) is 0.173. The Labute approximate surface area is 140 Å². The second-order valence-electron chi connectivity index (χ2n) is 7.78. The Hall–Kier alpha value is -1.10. The molecule has 1 atom stereocenters. The average Bonchev–Trinajstić information content (AvgIpc) is 2.54. The molecule has 5 heteroatoms. The number of nitrogens with one attached hydrogen (secondary N) is 3. The molecular formula is C18H33N3O2. The molecule has 2 fully saturated rings. The van der Waals surface area contributed by atoms with Crippen molar-refractivity contribution in [2.24, 2.45) is 11.3 Å². The van der Waals surface area contributed by atoms with Gasteiger partial charge in [0.15, 0.2) is 0 Å². The molecule has 1 saturated carbocycles. The van der Waals surface area contributed by atoms with E-state index in [1.807, 2.05) is 0 Å². The normalized spacial score (nSPS) is 23.0. The lowest BCUT2D eigenvalue weighted by Gasteiger charge is -2.34. The van der Waals surface area contributed by atoms with Gasteiger partial charge in [0.1, 0.15) is 6.04 Å². The van der Waals surface area contributed by atoms with Crippen molar-refractivity contribution in [3.05, 3.63) is 0 Å². The Morgan fingerprint density at radius 1 is 1.17 bits per heavy atom. The lowest BCUT2D eigenvalue weighted by Crippen LogP contribution is -2.49. The van der Waals surface area contributed by atoms with Crippen LogP contribution >= 0.6 is 0 Å². The van der Waals surface area contributed by atoms with Crippen LogP contribution in [0.4, 0.5) is 0 Å². The average molecular weight is 323 g/mol. The van der Waals surface area contributed by atoms with E-state index in [9.17, 15) is 9.59 Å². The van der Waals surface area contributed by atoms with Gasteiger partial charge in [-0.3, -0.25) is 9.59 Å². The van der Waals surface area contributed by atoms with Gasteiger partial charge in [0.25, 0.3) is 0 Å². The molecule has 1 heterocycles. The smallest absolute Gasteiger partial charge is 0.242 e. The molecule has 1 aliphatic carbocycles. The van der Waals surface area contributed by atoms with Crippen LogP contribution in [0.15, 0.2) is 0 Å². The summed E-state index contributed by atoms with van der Waals surface area (Å²) in [4.78, 5) is 24.3. The largest absolute Gasteiger partial charge is 0.354 e. The van der Waals surface area contributed by atoms with Gasteiger partial charge in [-0.2, -0.15) is 0 Å². The highest BCUT2D eigenvalue weighted by Gasteiger charge is 2.28. The van der Waals surface area contributed by atoms with E-state index in [2.05, 4.69) is 22.9 Å². The summed E-state index contributed by atoms with van der Waals surface area (Å²) in [6.45, 7) is 6.72. The molecular weight excluding hydrogens is 290 g/mol. The van der Waals surface area contributed by atoms with E-state index in [1.54, 1.807) is 6.92 Å². The maximum atomic E-state index is 12.2. The van der Waals surface area contributed by atoms with Crippen molar-refractivity contribution in [3.63, 3.8) is 0 Å². The summed E-state index contributed by atoms with van der Waals surface area (Å²) >= 11 is 0. The van der Waals surface area contributed by atoms with E-state index in [1.165, 1.54) is 19.3 Å². The van der Waals surface area contributed by atoms with Crippen molar-refractivity contribution in [1.82, 2.24) is 16.0 Å². The maximum Gasteiger partial charge on any atom is 0.242 e. The highest BCUT2D eigenvalue weighted by atomic mass is 16.2. The molecule has 132 valence electrons. The summed E-state index contributed by atoms with van der Waals surface area (Å²) in [6.07, 6.45) is 8.81. The van der Waals surface area contributed by atoms with Crippen LogP contribution < -0.4 is 16.0 Å². The summed E-state index contributed by atoms with van der Waals surface area (Å²) in [5, 5.41) is 9.23. The van der Waals surface area contributed by atoms with Crippen LogP contribution in [-0.4, -0.2) is 37.5 Å². The van der Waals surface area contributed by atoms with Crippen LogP contribution in [0.2, 0.25) is 0 Å². The lowest BCUT2D eigenvalue weighted by molar-refractivity contribution is -0.129. The van der Waals surface area contributed by atoms with E-state index in [-0.39, 0.29) is 17.2 Å². The molecule has 2 rings (SSSR count). The van der Waals surface area contributed by atoms with Crippen LogP contribution in [-0.2, 0) is 9.59 Å². The number of hydrogen-bond acceptors (Lipinski definition) is 3. The summed E-state index contributed by atoms with van der Waals surface area (Å²) in [6, 6.07) is -0.448. The van der Waals surface area contributed by atoms with E-state index in [0.29, 0.717) is 18.9 Å². The van der Waals surface area contributed by atoms with Crippen LogP contribution in [0.5, 0.6) is 0 Å². The monoisotopic (exact) mass is 323 g/mol. The second-order valence-corrected chi connectivity index (χ2v) is 7.78. The van der Waals surface area contributed by atoms with E-state index in [0.717, 1.165) is 38.8 Å². The minimum atomic E-state index is -0.448. The molecule has 0 radical (unpaired) electrons. The van der Waals surface area contributed by atoms with Crippen molar-refractivity contribution < 1.29 is 9.59 Å². The molecule has 3 N–H and O–H groups in total. The van der Waals surface area contributed by atoms with Gasteiger partial charge in [0, 0.05) is 13.0 Å². The van der Waals surface area contributed by atoms with Gasteiger partial charge in [0.05, 0.1) is 0 Å². The van der Waals surface area contributed by atoms with E-state index in [4.69, 9.17) is 0 Å². The summed E-state index contributed by atoms with van der Waals surface area (Å²) in [5.74, 6) is 0.460. The molecule has 0 aromatic carbocycles. The van der Waals surface area contributed by atoms with Gasteiger partial charge in [0.2, 0.25) is 11.8 Å². The summed E-state index contributed by atoms with van der Waals surface area (Å²) in [7, 11) is 0. The van der Waals surface area contributed by atoms with Crippen molar-refractivity contribution in [2.75, 3.05) is 19.6 Å². The van der Waals surface area contributed by atoms with Crippen LogP contribution in [0, 0.1) is 11.3 Å². The third kappa shape index (κ3) is 6.13. The molecule has 5 nitrogen and oxygen atoms in total. The zero-order valence-electron chi connectivity index (χ0n) is 14.7. The van der Waals surface area contributed by atoms with Gasteiger partial charge in [-0.15, -0.1) is 0 Å². The first-order valence-corrected chi connectivity index (χ1v) is 9.26. The molecule has 0 aromatic heterocycles. The highest BCUT2D eigenvalue weighted by molar-refractivity contribution is 5.87. The lowest BCUT2D eigenvalue weighted by atomic mass is 9.81. The second kappa shape index (κ2) is 8.67. The SMILES string of the molecule is CC(NC(=O)CC1CCCCC1)C(=O)NCC1(C)CCNCC1. The molecule has 1 aliphatic heterocycles. The van der Waals surface area contributed by atoms with Gasteiger partial charge in [-0.1, -0.05) is 26.2 Å². The number of rotatable bonds is 6. The Bertz CT molecular complexity index is 399. The predicted molar refractivity (Wildman–Crippen MR) is 92.0 cm³/mol. The van der Waals surface area contributed by atoms with E-state index < -0.39 is 6.04 Å². The third-order valence-corrected chi connectivity index (χ3v) is 5.47. The maximum absolute atomic E-state index is 12.2. The molecule has 2 amide bonds. The van der Waals surface area contributed by atoms with Gasteiger partial charge >= 0.3 is 0 Å². The first-order valence-electron chi connectivity index (χ1n) is 9.26. The van der Waals surface area contributed by atoms with Gasteiger partial charge < -0.3 is 16.0 Å². The Morgan fingerprint density at radius 3 is 2.48 bits per heavy atom. The first-order chi connectivity index (χ1) is 11.0. The number of piperidine rings is 1. The van der Waals surface area contributed by atoms with E-state index >= 15 is 0 Å². The van der Waals surface area contributed by atoms with Crippen molar-refractivity contribution in [1.29, 1.82) is 0 Å². The van der Waals surface area contributed by atoms with Crippen molar-refractivity contribution >= 4 is 11.8 Å². The Morgan fingerprint density at radius 2 is 1.83 bits per heavy atom. The third-order valence-electron chi connectivity index (χ3n) is 5.47. The molecule has 1 saturated heterocycles. The minimum Gasteiger partial charge on any atom is -0.354 e. The Balaban J connectivity index is 1.68. The fourth-order valence-corrected chi connectivity index (χ4v) is 3.68. The van der Waals surface area contributed by atoms with Gasteiger partial charge in [-0.25, -0.2) is 0 Å². The predicted octanol–water partition coefficient (Wildman–Crippen LogP) is 1.97. The van der Waals surface area contributed by atoms with Crippen LogP contribution in [0.1, 0.15) is 65.2 Å². The standard InChI is InChI=1S/C18H33N3O2/c1-14(21-16(22)12-15-6-4-3-5-7-15)17(23)20-13-18(2)8-10-19-11-9-18/h14-15,19H,3-13H2,1-2H3,(H,20,23)(H,21,22). The topological polar surface area (TPSA) is 70.2 Å². The zero-order chi connectivity index (χ0) is 16.7. The molecule has 0 bridgehead atoms. The molecule has 1 unspecified atom stereocenters. The minimum absolute atomic E-state index is 0.0210. The van der Waals surface area contributed by atoms with Crippen molar-refractivity contribution in [2.45, 2.75) is 71.3 Å². The van der Waals surface area contributed by atoms with Gasteiger partial charge in [-0.05, 0) is 57.0 Å². The number of carbonyl (C=O) groups is 2. The molecule has 2 aliphatic rings. The van der Waals surface area contributed by atoms with Crippen molar-refractivity contribution in [3.8, 4) is 0 Å². The Kier molecular flexibility index (Phi) is 6.88. The first kappa shape index (κ1) is 18.2. The number of amides is 2. The zero-order valence-corrected chi connectivity index (χ0v) is 14.7. The molecule has 0 spiro atoms. The fraction of sp³-hybridized carbons (Fsp3) is 0.889. The number of carbonyl (C=O) groups excluding carboxylic acids is 2. The van der Waals surface area contributed by atoms with Crippen LogP contribution in [0.25, 0.3) is 0 Å². The molecule has 23 heavy (non-hydrogen) atoms. The highest BCUT2D eigenvalue weighted by Crippen LogP contribution is 2.27. The summed E-state index contributed by atoms with van der Waals surface area (Å²) < 4.78 is 0. The van der Waals surface area contributed by atoms with Crippen LogP contribution in [0.3, 0.4) is 0 Å².